The number of nitrogens with one attached hydrogen (secondary N) is 1. The van der Waals surface area contributed by atoms with Gasteiger partial charge in [-0.15, -0.1) is 11.3 Å². The number of rotatable bonds is 7. The monoisotopic (exact) mass is 378 g/mol. The van der Waals surface area contributed by atoms with Gasteiger partial charge in [-0.1, -0.05) is 30.0 Å². The second kappa shape index (κ2) is 9.01. The molecule has 0 saturated carbocycles. The van der Waals surface area contributed by atoms with Crippen LogP contribution in [0, 0.1) is 13.8 Å². The van der Waals surface area contributed by atoms with Crippen molar-refractivity contribution < 1.29 is 14.3 Å². The van der Waals surface area contributed by atoms with Gasteiger partial charge in [0.25, 0.3) is 0 Å². The van der Waals surface area contributed by atoms with E-state index in [0.717, 1.165) is 21.2 Å². The van der Waals surface area contributed by atoms with Gasteiger partial charge >= 0.3 is 5.97 Å². The Bertz CT molecular complexity index is 738. The predicted molar refractivity (Wildman–Crippen MR) is 102 cm³/mol. The van der Waals surface area contributed by atoms with Gasteiger partial charge in [0.1, 0.15) is 0 Å². The van der Waals surface area contributed by atoms with E-state index in [1.165, 1.54) is 23.1 Å². The van der Waals surface area contributed by atoms with Crippen molar-refractivity contribution in [3.8, 4) is 0 Å². The van der Waals surface area contributed by atoms with Gasteiger partial charge in [0, 0.05) is 11.1 Å². The topological polar surface area (TPSA) is 68.3 Å². The fraction of sp³-hybridized carbons (Fsp3) is 0.389. The van der Waals surface area contributed by atoms with Crippen LogP contribution in [0.2, 0.25) is 0 Å². The molecule has 0 bridgehead atoms. The lowest BCUT2D eigenvalue weighted by atomic mass is 10.1. The molecule has 0 fully saturated rings. The molecule has 0 aliphatic rings. The van der Waals surface area contributed by atoms with Crippen molar-refractivity contribution >= 4 is 40.7 Å². The Kier molecular flexibility index (Phi) is 7.01. The highest BCUT2D eigenvalue weighted by Gasteiger charge is 2.18. The number of aromatic nitrogens is 1. The minimum atomic E-state index is -0.291. The summed E-state index contributed by atoms with van der Waals surface area (Å²) < 4.78 is 5.69. The van der Waals surface area contributed by atoms with E-state index in [1.54, 1.807) is 6.92 Å². The zero-order valence-electron chi connectivity index (χ0n) is 14.8. The summed E-state index contributed by atoms with van der Waals surface area (Å²) in [6.07, 6.45) is 0.161. The number of hydrogen-bond acceptors (Lipinski definition) is 6. The summed E-state index contributed by atoms with van der Waals surface area (Å²) in [7, 11) is 0. The normalized spacial score (nSPS) is 11.8. The van der Waals surface area contributed by atoms with Gasteiger partial charge in [0.15, 0.2) is 4.34 Å². The molecular weight excluding hydrogens is 356 g/mol. The summed E-state index contributed by atoms with van der Waals surface area (Å²) in [6.45, 7) is 7.93. The molecule has 2 rings (SSSR count). The Morgan fingerprint density at radius 2 is 2.00 bits per heavy atom. The molecule has 0 saturated heterocycles. The van der Waals surface area contributed by atoms with Crippen molar-refractivity contribution in [1.29, 1.82) is 0 Å². The third-order valence-electron chi connectivity index (χ3n) is 3.54. The second-order valence-electron chi connectivity index (χ2n) is 5.60. The lowest BCUT2D eigenvalue weighted by Crippen LogP contribution is -2.23. The molecule has 5 nitrogen and oxygen atoms in total. The van der Waals surface area contributed by atoms with E-state index >= 15 is 0 Å². The van der Waals surface area contributed by atoms with Crippen LogP contribution >= 0.6 is 23.1 Å². The maximum Gasteiger partial charge on any atom is 0.311 e. The fourth-order valence-corrected chi connectivity index (χ4v) is 4.21. The first-order valence-electron chi connectivity index (χ1n) is 8.04. The minimum Gasteiger partial charge on any atom is -0.466 e. The van der Waals surface area contributed by atoms with Gasteiger partial charge in [-0.2, -0.15) is 0 Å². The first-order valence-corrected chi connectivity index (χ1v) is 9.80. The Morgan fingerprint density at radius 1 is 1.32 bits per heavy atom. The summed E-state index contributed by atoms with van der Waals surface area (Å²) in [6, 6.07) is 5.92. The number of esters is 1. The van der Waals surface area contributed by atoms with Crippen molar-refractivity contribution in [2.45, 2.75) is 43.7 Å². The lowest BCUT2D eigenvalue weighted by molar-refractivity contribution is -0.142. The molecule has 2 aromatic rings. The van der Waals surface area contributed by atoms with Gasteiger partial charge in [0.2, 0.25) is 5.91 Å². The summed E-state index contributed by atoms with van der Waals surface area (Å²) in [5, 5.41) is 4.53. The zero-order valence-corrected chi connectivity index (χ0v) is 16.4. The smallest absolute Gasteiger partial charge is 0.311 e. The number of benzene rings is 1. The Labute approximate surface area is 156 Å². The fourth-order valence-electron chi connectivity index (χ4n) is 2.22. The van der Waals surface area contributed by atoms with Crippen LogP contribution < -0.4 is 5.32 Å². The number of para-hydroxylation sites is 1. The predicted octanol–water partition coefficient (Wildman–Crippen LogP) is 3.98. The molecular formula is C18H22N2O3S2. The largest absolute Gasteiger partial charge is 0.466 e. The van der Waals surface area contributed by atoms with Crippen molar-refractivity contribution in [2.24, 2.45) is 0 Å². The molecule has 0 radical (unpaired) electrons. The van der Waals surface area contributed by atoms with E-state index in [2.05, 4.69) is 10.3 Å². The van der Waals surface area contributed by atoms with Crippen molar-refractivity contribution in [1.82, 2.24) is 4.98 Å². The Balaban J connectivity index is 1.95. The summed E-state index contributed by atoms with van der Waals surface area (Å²) >= 11 is 2.82. The van der Waals surface area contributed by atoms with E-state index in [-0.39, 0.29) is 23.5 Å². The standard InChI is InChI=1S/C18H22N2O3S2/c1-5-23-15(21)9-14-10-24-18(19-14)25-13(4)17(22)20-16-11(2)7-6-8-12(16)3/h6-8,10,13H,5,9H2,1-4H3,(H,20,22). The number of ether oxygens (including phenoxy) is 1. The SMILES string of the molecule is CCOC(=O)Cc1csc(SC(C)C(=O)Nc2c(C)cccc2C)n1. The van der Waals surface area contributed by atoms with Crippen LogP contribution in [0.4, 0.5) is 5.69 Å². The van der Waals surface area contributed by atoms with Crippen LogP contribution in [0.1, 0.15) is 30.7 Å². The zero-order chi connectivity index (χ0) is 18.4. The van der Waals surface area contributed by atoms with Gasteiger partial charge < -0.3 is 10.1 Å². The number of thiazole rings is 1. The molecule has 1 N–H and O–H groups in total. The third kappa shape index (κ3) is 5.57. The van der Waals surface area contributed by atoms with Crippen LogP contribution in [-0.2, 0) is 20.7 Å². The average Bonchev–Trinajstić information content (AvgIpc) is 2.97. The maximum atomic E-state index is 12.5. The number of anilines is 1. The third-order valence-corrected chi connectivity index (χ3v) is 5.66. The highest BCUT2D eigenvalue weighted by molar-refractivity contribution is 8.02. The van der Waals surface area contributed by atoms with E-state index in [0.29, 0.717) is 12.3 Å². The molecule has 0 aliphatic carbocycles. The number of hydrogen-bond donors (Lipinski definition) is 1. The van der Waals surface area contributed by atoms with Crippen molar-refractivity contribution in [3.05, 3.63) is 40.4 Å². The first kappa shape index (κ1) is 19.5. The number of carbonyl (C=O) groups excluding carboxylic acids is 2. The Morgan fingerprint density at radius 3 is 2.64 bits per heavy atom. The summed E-state index contributed by atoms with van der Waals surface area (Å²) in [5.41, 5.74) is 3.61. The molecule has 7 heteroatoms. The molecule has 1 unspecified atom stereocenters. The molecule has 0 aliphatic heterocycles. The second-order valence-corrected chi connectivity index (χ2v) is 8.05. The number of nitrogens with zero attached hydrogens (tertiary/aromatic N) is 1. The summed E-state index contributed by atoms with van der Waals surface area (Å²) in [5.74, 6) is -0.352. The Hall–Kier alpha value is -1.86. The van der Waals surface area contributed by atoms with Crippen LogP contribution in [-0.4, -0.2) is 28.7 Å². The highest BCUT2D eigenvalue weighted by atomic mass is 32.2. The van der Waals surface area contributed by atoms with Crippen molar-refractivity contribution in [3.63, 3.8) is 0 Å². The molecule has 1 atom stereocenters. The van der Waals surface area contributed by atoms with Gasteiger partial charge in [-0.3, -0.25) is 9.59 Å². The van der Waals surface area contributed by atoms with Gasteiger partial charge in [0.05, 0.1) is 24.0 Å². The van der Waals surface area contributed by atoms with Crippen LogP contribution in [0.5, 0.6) is 0 Å². The highest BCUT2D eigenvalue weighted by Crippen LogP contribution is 2.28. The quantitative estimate of drug-likeness (QED) is 0.583. The van der Waals surface area contributed by atoms with Gasteiger partial charge in [-0.05, 0) is 38.8 Å². The summed E-state index contributed by atoms with van der Waals surface area (Å²) in [4.78, 5) is 28.4. The number of carbonyl (C=O) groups is 2. The molecule has 25 heavy (non-hydrogen) atoms. The molecule has 1 amide bonds. The van der Waals surface area contributed by atoms with E-state index in [1.807, 2.05) is 44.4 Å². The van der Waals surface area contributed by atoms with E-state index in [9.17, 15) is 9.59 Å². The lowest BCUT2D eigenvalue weighted by Gasteiger charge is -2.14. The number of amides is 1. The maximum absolute atomic E-state index is 12.5. The molecule has 1 aromatic heterocycles. The number of thioether (sulfide) groups is 1. The minimum absolute atomic E-state index is 0.0652. The van der Waals surface area contributed by atoms with Gasteiger partial charge in [-0.25, -0.2) is 4.98 Å². The molecule has 1 aromatic carbocycles. The number of aryl methyl sites for hydroxylation is 2. The first-order chi connectivity index (χ1) is 11.9. The average molecular weight is 379 g/mol. The van der Waals surface area contributed by atoms with Crippen LogP contribution in [0.25, 0.3) is 0 Å². The molecule has 134 valence electrons. The van der Waals surface area contributed by atoms with Crippen LogP contribution in [0.3, 0.4) is 0 Å². The van der Waals surface area contributed by atoms with Crippen molar-refractivity contribution in [2.75, 3.05) is 11.9 Å². The van der Waals surface area contributed by atoms with E-state index < -0.39 is 0 Å². The van der Waals surface area contributed by atoms with Crippen LogP contribution in [0.15, 0.2) is 27.9 Å². The molecule has 0 spiro atoms. The molecule has 1 heterocycles. The van der Waals surface area contributed by atoms with E-state index in [4.69, 9.17) is 4.74 Å².